The lowest BCUT2D eigenvalue weighted by Crippen LogP contribution is -2.02. The molecule has 0 aromatic heterocycles. The largest absolute Gasteiger partial charge is 0.370 e. The molecule has 1 aromatic rings. The topological polar surface area (TPSA) is 12.5 Å². The molecule has 0 aliphatic carbocycles. The van der Waals surface area contributed by atoms with E-state index in [1.54, 1.807) is 0 Å². The lowest BCUT2D eigenvalue weighted by Gasteiger charge is -2.14. The number of ether oxygens (including phenoxy) is 1. The Labute approximate surface area is 109 Å². The van der Waals surface area contributed by atoms with Crippen LogP contribution < -0.4 is 0 Å². The minimum absolute atomic E-state index is 0.452. The number of benzene rings is 1. The van der Waals surface area contributed by atoms with Crippen LogP contribution in [0.1, 0.15) is 49.3 Å². The number of epoxide rings is 1. The molecular formula is C15H21ClO. The van der Waals surface area contributed by atoms with Crippen LogP contribution in [0.5, 0.6) is 0 Å². The smallest absolute Gasteiger partial charge is 0.0847 e. The zero-order valence-corrected chi connectivity index (χ0v) is 11.8. The summed E-state index contributed by atoms with van der Waals surface area (Å²) in [6.07, 6.45) is 3.15. The van der Waals surface area contributed by atoms with Gasteiger partial charge in [0.15, 0.2) is 0 Å². The van der Waals surface area contributed by atoms with E-state index >= 15 is 0 Å². The van der Waals surface area contributed by atoms with Gasteiger partial charge in [0.2, 0.25) is 0 Å². The van der Waals surface area contributed by atoms with Crippen molar-refractivity contribution in [3.8, 4) is 0 Å². The maximum absolute atomic E-state index is 6.33. The summed E-state index contributed by atoms with van der Waals surface area (Å²) in [6.45, 7) is 8.67. The molecule has 0 radical (unpaired) electrons. The number of hydrogen-bond donors (Lipinski definition) is 0. The first kappa shape index (κ1) is 12.9. The molecule has 1 heterocycles. The molecule has 1 fully saturated rings. The van der Waals surface area contributed by atoms with Crippen molar-refractivity contribution in [2.45, 2.75) is 58.7 Å². The van der Waals surface area contributed by atoms with Gasteiger partial charge in [-0.15, -0.1) is 0 Å². The van der Waals surface area contributed by atoms with E-state index in [0.717, 1.165) is 17.9 Å². The summed E-state index contributed by atoms with van der Waals surface area (Å²) in [5, 5.41) is 0.897. The Morgan fingerprint density at radius 2 is 1.88 bits per heavy atom. The van der Waals surface area contributed by atoms with Crippen LogP contribution in [0, 0.1) is 13.8 Å². The highest BCUT2D eigenvalue weighted by atomic mass is 35.5. The van der Waals surface area contributed by atoms with Gasteiger partial charge >= 0.3 is 0 Å². The Balaban J connectivity index is 2.08. The zero-order valence-electron chi connectivity index (χ0n) is 11.1. The molecular weight excluding hydrogens is 232 g/mol. The van der Waals surface area contributed by atoms with Crippen molar-refractivity contribution in [2.24, 2.45) is 0 Å². The lowest BCUT2D eigenvalue weighted by molar-refractivity contribution is 0.353. The first-order valence-electron chi connectivity index (χ1n) is 6.45. The van der Waals surface area contributed by atoms with Gasteiger partial charge in [0, 0.05) is 5.02 Å². The number of hydrogen-bond acceptors (Lipinski definition) is 1. The lowest BCUT2D eigenvalue weighted by atomic mass is 9.92. The van der Waals surface area contributed by atoms with Crippen molar-refractivity contribution in [3.05, 3.63) is 33.8 Å². The van der Waals surface area contributed by atoms with Gasteiger partial charge in [-0.1, -0.05) is 31.5 Å². The Kier molecular flexibility index (Phi) is 3.79. The molecule has 17 heavy (non-hydrogen) atoms. The van der Waals surface area contributed by atoms with Gasteiger partial charge in [0.25, 0.3) is 0 Å². The monoisotopic (exact) mass is 252 g/mol. The van der Waals surface area contributed by atoms with E-state index in [2.05, 4.69) is 39.8 Å². The first-order chi connectivity index (χ1) is 8.02. The second kappa shape index (κ2) is 4.99. The minimum Gasteiger partial charge on any atom is -0.370 e. The van der Waals surface area contributed by atoms with Gasteiger partial charge in [-0.2, -0.15) is 0 Å². The molecule has 0 N–H and O–H groups in total. The fourth-order valence-electron chi connectivity index (χ4n) is 2.40. The van der Waals surface area contributed by atoms with E-state index in [4.69, 9.17) is 16.3 Å². The fraction of sp³-hybridized carbons (Fsp3) is 0.600. The molecule has 1 nitrogen and oxygen atoms in total. The molecule has 94 valence electrons. The summed E-state index contributed by atoms with van der Waals surface area (Å²) in [5.41, 5.74) is 3.85. The predicted molar refractivity (Wildman–Crippen MR) is 72.9 cm³/mol. The normalized spacial score (nSPS) is 24.8. The van der Waals surface area contributed by atoms with E-state index < -0.39 is 0 Å². The maximum Gasteiger partial charge on any atom is 0.0847 e. The SMILES string of the molecule is CCC1OC1CC(C)c1cc(C)c(C)cc1Cl. The molecule has 0 saturated carbocycles. The van der Waals surface area contributed by atoms with Gasteiger partial charge < -0.3 is 4.74 Å². The van der Waals surface area contributed by atoms with Crippen molar-refractivity contribution in [1.29, 1.82) is 0 Å². The summed E-state index contributed by atoms with van der Waals surface area (Å²) in [6, 6.07) is 4.31. The van der Waals surface area contributed by atoms with Crippen LogP contribution in [-0.2, 0) is 4.74 Å². The maximum atomic E-state index is 6.33. The highest BCUT2D eigenvalue weighted by Crippen LogP contribution is 2.37. The standard InChI is InChI=1S/C15H21ClO/c1-5-14-15(17-14)8-11(4)12-6-9(2)10(3)7-13(12)16/h6-7,11,14-15H,5,8H2,1-4H3. The van der Waals surface area contributed by atoms with Crippen LogP contribution in [0.4, 0.5) is 0 Å². The van der Waals surface area contributed by atoms with Gasteiger partial charge in [-0.25, -0.2) is 0 Å². The molecule has 1 aromatic carbocycles. The Bertz CT molecular complexity index is 414. The molecule has 0 bridgehead atoms. The average molecular weight is 253 g/mol. The molecule has 2 heteroatoms. The van der Waals surface area contributed by atoms with E-state index in [1.165, 1.54) is 16.7 Å². The summed E-state index contributed by atoms with van der Waals surface area (Å²) < 4.78 is 5.61. The number of halogens is 1. The molecule has 3 atom stereocenters. The van der Waals surface area contributed by atoms with Crippen molar-refractivity contribution >= 4 is 11.6 Å². The van der Waals surface area contributed by atoms with Crippen molar-refractivity contribution in [3.63, 3.8) is 0 Å². The highest BCUT2D eigenvalue weighted by Gasteiger charge is 2.38. The number of aryl methyl sites for hydroxylation is 2. The van der Waals surface area contributed by atoms with Crippen molar-refractivity contribution in [1.82, 2.24) is 0 Å². The minimum atomic E-state index is 0.452. The summed E-state index contributed by atoms with van der Waals surface area (Å²) in [5.74, 6) is 0.475. The van der Waals surface area contributed by atoms with Gasteiger partial charge in [-0.05, 0) is 55.4 Å². The van der Waals surface area contributed by atoms with Gasteiger partial charge in [0.1, 0.15) is 0 Å². The van der Waals surface area contributed by atoms with Gasteiger partial charge in [0.05, 0.1) is 12.2 Å². The summed E-state index contributed by atoms with van der Waals surface area (Å²) >= 11 is 6.33. The molecule has 1 aliphatic rings. The second-order valence-corrected chi connectivity index (χ2v) is 5.62. The Morgan fingerprint density at radius 3 is 2.47 bits per heavy atom. The van der Waals surface area contributed by atoms with E-state index in [9.17, 15) is 0 Å². The average Bonchev–Trinajstić information content (AvgIpc) is 3.01. The zero-order chi connectivity index (χ0) is 12.6. The van der Waals surface area contributed by atoms with Crippen LogP contribution >= 0.6 is 11.6 Å². The third-order valence-electron chi connectivity index (χ3n) is 3.82. The quantitative estimate of drug-likeness (QED) is 0.712. The van der Waals surface area contributed by atoms with E-state index in [0.29, 0.717) is 18.1 Å². The third kappa shape index (κ3) is 2.83. The summed E-state index contributed by atoms with van der Waals surface area (Å²) in [4.78, 5) is 0. The fourth-order valence-corrected chi connectivity index (χ4v) is 2.81. The van der Waals surface area contributed by atoms with Crippen molar-refractivity contribution < 1.29 is 4.74 Å². The summed E-state index contributed by atoms with van der Waals surface area (Å²) in [7, 11) is 0. The van der Waals surface area contributed by atoms with Crippen LogP contribution in [0.2, 0.25) is 5.02 Å². The highest BCUT2D eigenvalue weighted by molar-refractivity contribution is 6.31. The van der Waals surface area contributed by atoms with Crippen molar-refractivity contribution in [2.75, 3.05) is 0 Å². The Hall–Kier alpha value is -0.530. The molecule has 2 rings (SSSR count). The van der Waals surface area contributed by atoms with E-state index in [1.807, 2.05) is 0 Å². The van der Waals surface area contributed by atoms with E-state index in [-0.39, 0.29) is 0 Å². The Morgan fingerprint density at radius 1 is 1.24 bits per heavy atom. The molecule has 1 aliphatic heterocycles. The van der Waals surface area contributed by atoms with Crippen LogP contribution in [0.25, 0.3) is 0 Å². The molecule has 0 amide bonds. The molecule has 0 spiro atoms. The second-order valence-electron chi connectivity index (χ2n) is 5.22. The van der Waals surface area contributed by atoms with Gasteiger partial charge in [-0.3, -0.25) is 0 Å². The number of rotatable bonds is 4. The third-order valence-corrected chi connectivity index (χ3v) is 4.15. The van der Waals surface area contributed by atoms with Crippen LogP contribution in [0.15, 0.2) is 12.1 Å². The van der Waals surface area contributed by atoms with Crippen LogP contribution in [-0.4, -0.2) is 12.2 Å². The predicted octanol–water partition coefficient (Wildman–Crippen LogP) is 4.63. The first-order valence-corrected chi connectivity index (χ1v) is 6.82. The molecule has 3 unspecified atom stereocenters. The molecule has 1 saturated heterocycles. The van der Waals surface area contributed by atoms with Crippen LogP contribution in [0.3, 0.4) is 0 Å².